The molecule has 0 heterocycles. The average molecular weight is 101 g/mol. The first-order valence-corrected chi connectivity index (χ1v) is 2.13. The molecule has 0 atom stereocenters. The van der Waals surface area contributed by atoms with Crippen LogP contribution in [0.15, 0.2) is 11.9 Å². The van der Waals surface area contributed by atoms with Gasteiger partial charge >= 0.3 is 0 Å². The van der Waals surface area contributed by atoms with Crippen LogP contribution in [0.1, 0.15) is 0 Å². The molecule has 0 radical (unpaired) electrons. The lowest BCUT2D eigenvalue weighted by Crippen LogP contribution is -2.13. The Kier molecular flexibility index (Phi) is 3.14. The molecule has 0 rings (SSSR count). The van der Waals surface area contributed by atoms with E-state index in [2.05, 4.69) is 5.32 Å². The molecule has 0 spiro atoms. The molecule has 42 valence electrons. The summed E-state index contributed by atoms with van der Waals surface area (Å²) in [7, 11) is 1.78. The third-order valence-corrected chi connectivity index (χ3v) is 0.565. The van der Waals surface area contributed by atoms with Crippen molar-refractivity contribution in [1.29, 1.82) is 0 Å². The maximum atomic E-state index is 5.26. The van der Waals surface area contributed by atoms with E-state index in [1.807, 2.05) is 0 Å². The van der Waals surface area contributed by atoms with Gasteiger partial charge in [0, 0.05) is 25.5 Å². The Morgan fingerprint density at radius 1 is 1.86 bits per heavy atom. The van der Waals surface area contributed by atoms with Crippen molar-refractivity contribution in [3.63, 3.8) is 0 Å². The SMILES string of the molecule is CN/C=C(\N)CN. The maximum absolute atomic E-state index is 5.26. The minimum atomic E-state index is 0.418. The highest BCUT2D eigenvalue weighted by Gasteiger charge is 1.76. The predicted octanol–water partition coefficient (Wildman–Crippen LogP) is -1.04. The van der Waals surface area contributed by atoms with E-state index in [4.69, 9.17) is 11.5 Å². The molecule has 0 aliphatic heterocycles. The van der Waals surface area contributed by atoms with Gasteiger partial charge in [-0.25, -0.2) is 0 Å². The number of rotatable bonds is 2. The van der Waals surface area contributed by atoms with Crippen LogP contribution >= 0.6 is 0 Å². The van der Waals surface area contributed by atoms with Gasteiger partial charge in [-0.15, -0.1) is 0 Å². The summed E-state index contributed by atoms with van der Waals surface area (Å²) < 4.78 is 0. The van der Waals surface area contributed by atoms with Crippen LogP contribution in [0.5, 0.6) is 0 Å². The average Bonchev–Trinajstić information content (AvgIpc) is 1.68. The van der Waals surface area contributed by atoms with Gasteiger partial charge < -0.3 is 16.8 Å². The highest BCUT2D eigenvalue weighted by molar-refractivity contribution is 4.94. The molecule has 0 aromatic rings. The molecule has 0 aromatic carbocycles. The number of nitrogens with two attached hydrogens (primary N) is 2. The predicted molar refractivity (Wildman–Crippen MR) is 30.4 cm³/mol. The third kappa shape index (κ3) is 3.12. The number of hydrogen-bond acceptors (Lipinski definition) is 3. The maximum Gasteiger partial charge on any atom is 0.0378 e. The lowest BCUT2D eigenvalue weighted by atomic mass is 10.5. The van der Waals surface area contributed by atoms with Crippen molar-refractivity contribution >= 4 is 0 Å². The molecule has 3 nitrogen and oxygen atoms in total. The van der Waals surface area contributed by atoms with E-state index in [1.165, 1.54) is 0 Å². The summed E-state index contributed by atoms with van der Waals surface area (Å²) in [6.45, 7) is 0.418. The number of hydrogen-bond donors (Lipinski definition) is 3. The standard InChI is InChI=1S/C4H11N3/c1-7-3-4(6)2-5/h3,7H,2,5-6H2,1H3/b4-3-. The van der Waals surface area contributed by atoms with Crippen molar-refractivity contribution in [2.24, 2.45) is 11.5 Å². The zero-order chi connectivity index (χ0) is 5.70. The van der Waals surface area contributed by atoms with Crippen molar-refractivity contribution in [3.05, 3.63) is 11.9 Å². The molecule has 7 heavy (non-hydrogen) atoms. The van der Waals surface area contributed by atoms with Gasteiger partial charge in [0.25, 0.3) is 0 Å². The largest absolute Gasteiger partial charge is 0.400 e. The zero-order valence-corrected chi connectivity index (χ0v) is 4.44. The molecule has 0 unspecified atom stereocenters. The van der Waals surface area contributed by atoms with E-state index in [0.29, 0.717) is 12.2 Å². The summed E-state index contributed by atoms with van der Waals surface area (Å²) in [5.41, 5.74) is 11.1. The van der Waals surface area contributed by atoms with Crippen LogP contribution in [-0.4, -0.2) is 13.6 Å². The Morgan fingerprint density at radius 3 is 2.57 bits per heavy atom. The zero-order valence-electron chi connectivity index (χ0n) is 4.44. The van der Waals surface area contributed by atoms with Gasteiger partial charge in [-0.3, -0.25) is 0 Å². The number of nitrogens with one attached hydrogen (secondary N) is 1. The van der Waals surface area contributed by atoms with Gasteiger partial charge in [0.05, 0.1) is 0 Å². The molecule has 0 saturated heterocycles. The fraction of sp³-hybridized carbons (Fsp3) is 0.500. The fourth-order valence-corrected chi connectivity index (χ4v) is 0.244. The summed E-state index contributed by atoms with van der Waals surface area (Å²) >= 11 is 0. The second-order valence-electron chi connectivity index (χ2n) is 1.21. The second kappa shape index (κ2) is 3.49. The first-order valence-electron chi connectivity index (χ1n) is 2.13. The first-order chi connectivity index (χ1) is 3.31. The molecule has 5 N–H and O–H groups in total. The normalized spacial score (nSPS) is 11.4. The summed E-state index contributed by atoms with van der Waals surface area (Å²) in [5, 5.41) is 2.75. The van der Waals surface area contributed by atoms with Gasteiger partial charge in [0.1, 0.15) is 0 Å². The van der Waals surface area contributed by atoms with Gasteiger partial charge in [0.2, 0.25) is 0 Å². The molecule has 0 bridgehead atoms. The van der Waals surface area contributed by atoms with Crippen molar-refractivity contribution in [3.8, 4) is 0 Å². The molecule has 0 aliphatic carbocycles. The van der Waals surface area contributed by atoms with Gasteiger partial charge in [-0.2, -0.15) is 0 Å². The van der Waals surface area contributed by atoms with Crippen LogP contribution in [0, 0.1) is 0 Å². The van der Waals surface area contributed by atoms with Crippen LogP contribution in [0.2, 0.25) is 0 Å². The van der Waals surface area contributed by atoms with E-state index in [1.54, 1.807) is 13.2 Å². The van der Waals surface area contributed by atoms with E-state index in [9.17, 15) is 0 Å². The smallest absolute Gasteiger partial charge is 0.0378 e. The minimum absolute atomic E-state index is 0.418. The molecule has 0 saturated carbocycles. The Bertz CT molecular complexity index is 67.3. The Hall–Kier alpha value is -0.700. The monoisotopic (exact) mass is 101 g/mol. The Morgan fingerprint density at radius 2 is 2.43 bits per heavy atom. The molecule has 3 heteroatoms. The van der Waals surface area contributed by atoms with Gasteiger partial charge in [-0.1, -0.05) is 0 Å². The third-order valence-electron chi connectivity index (χ3n) is 0.565. The van der Waals surface area contributed by atoms with Crippen molar-refractivity contribution < 1.29 is 0 Å². The van der Waals surface area contributed by atoms with Gasteiger partial charge in [-0.05, 0) is 0 Å². The Balaban J connectivity index is 3.29. The fourth-order valence-electron chi connectivity index (χ4n) is 0.244. The molecular weight excluding hydrogens is 90.1 g/mol. The van der Waals surface area contributed by atoms with Crippen molar-refractivity contribution in [2.45, 2.75) is 0 Å². The van der Waals surface area contributed by atoms with E-state index < -0.39 is 0 Å². The van der Waals surface area contributed by atoms with Crippen LogP contribution < -0.4 is 16.8 Å². The van der Waals surface area contributed by atoms with Crippen LogP contribution in [-0.2, 0) is 0 Å². The minimum Gasteiger partial charge on any atom is -0.400 e. The molecular formula is C4H11N3. The summed E-state index contributed by atoms with van der Waals surface area (Å²) in [5.74, 6) is 0. The topological polar surface area (TPSA) is 64.1 Å². The van der Waals surface area contributed by atoms with E-state index in [-0.39, 0.29) is 0 Å². The lowest BCUT2D eigenvalue weighted by Gasteiger charge is -1.91. The summed E-state index contributed by atoms with van der Waals surface area (Å²) in [4.78, 5) is 0. The molecule has 0 aliphatic rings. The first kappa shape index (κ1) is 6.30. The van der Waals surface area contributed by atoms with E-state index >= 15 is 0 Å². The van der Waals surface area contributed by atoms with Crippen molar-refractivity contribution in [1.82, 2.24) is 5.32 Å². The van der Waals surface area contributed by atoms with E-state index in [0.717, 1.165) is 0 Å². The molecule has 0 fully saturated rings. The van der Waals surface area contributed by atoms with Gasteiger partial charge in [0.15, 0.2) is 0 Å². The summed E-state index contributed by atoms with van der Waals surface area (Å²) in [6, 6.07) is 0. The molecule has 0 amide bonds. The summed E-state index contributed by atoms with van der Waals surface area (Å²) in [6.07, 6.45) is 1.67. The lowest BCUT2D eigenvalue weighted by molar-refractivity contribution is 1.01. The van der Waals surface area contributed by atoms with Crippen LogP contribution in [0.4, 0.5) is 0 Å². The highest BCUT2D eigenvalue weighted by Crippen LogP contribution is 1.69. The van der Waals surface area contributed by atoms with Crippen molar-refractivity contribution in [2.75, 3.05) is 13.6 Å². The van der Waals surface area contributed by atoms with Crippen LogP contribution in [0.3, 0.4) is 0 Å². The Labute approximate surface area is 43.4 Å². The van der Waals surface area contributed by atoms with Crippen LogP contribution in [0.25, 0.3) is 0 Å². The second-order valence-corrected chi connectivity index (χ2v) is 1.21. The highest BCUT2D eigenvalue weighted by atomic mass is 14.8. The quantitative estimate of drug-likeness (QED) is 0.416. The molecule has 0 aromatic heterocycles.